The second kappa shape index (κ2) is 6.91. The summed E-state index contributed by atoms with van der Waals surface area (Å²) in [6, 6.07) is 11.9. The van der Waals surface area contributed by atoms with Gasteiger partial charge in [-0.25, -0.2) is 19.4 Å². The number of nitrogens with zero attached hydrogens (tertiary/aromatic N) is 5. The lowest BCUT2D eigenvalue weighted by molar-refractivity contribution is 0.398. The summed E-state index contributed by atoms with van der Waals surface area (Å²) in [5.41, 5.74) is 2.83. The van der Waals surface area contributed by atoms with E-state index in [1.165, 1.54) is 10.9 Å². The van der Waals surface area contributed by atoms with Crippen LogP contribution in [0.3, 0.4) is 0 Å². The van der Waals surface area contributed by atoms with Gasteiger partial charge < -0.3 is 14.5 Å². The molecule has 8 nitrogen and oxygen atoms in total. The Morgan fingerprint density at radius 2 is 1.54 bits per heavy atom. The summed E-state index contributed by atoms with van der Waals surface area (Å²) in [4.78, 5) is 20.6. The van der Waals surface area contributed by atoms with Gasteiger partial charge in [0.2, 0.25) is 5.88 Å². The Kier molecular flexibility index (Phi) is 4.30. The van der Waals surface area contributed by atoms with Crippen LogP contribution in [0.5, 0.6) is 5.88 Å². The van der Waals surface area contributed by atoms with Gasteiger partial charge in [-0.3, -0.25) is 0 Å². The molecule has 1 aliphatic rings. The predicted molar refractivity (Wildman–Crippen MR) is 99.4 cm³/mol. The van der Waals surface area contributed by atoms with Crippen LogP contribution in [0.4, 0.5) is 11.4 Å². The second-order valence-electron chi connectivity index (χ2n) is 6.08. The van der Waals surface area contributed by atoms with E-state index in [1.807, 2.05) is 42.6 Å². The Morgan fingerprint density at radius 3 is 2.08 bits per heavy atom. The molecule has 0 aliphatic carbocycles. The Balaban J connectivity index is 1.41. The summed E-state index contributed by atoms with van der Waals surface area (Å²) in [5.74, 6) is 0.629. The number of aromatic amines is 1. The summed E-state index contributed by atoms with van der Waals surface area (Å²) < 4.78 is 6.59. The third-order valence-corrected chi connectivity index (χ3v) is 4.62. The van der Waals surface area contributed by atoms with Crippen LogP contribution in [0.25, 0.3) is 5.69 Å². The van der Waals surface area contributed by atoms with Crippen LogP contribution in [-0.2, 0) is 0 Å². The number of ether oxygens (including phenoxy) is 1. The summed E-state index contributed by atoms with van der Waals surface area (Å²) in [7, 11) is 1.62. The van der Waals surface area contributed by atoms with Crippen LogP contribution in [0, 0.1) is 0 Å². The average Bonchev–Trinajstić information content (AvgIpc) is 3.14. The number of rotatable bonds is 4. The number of nitrogens with one attached hydrogen (secondary N) is 1. The Hall–Kier alpha value is -3.29. The molecular weight excluding hydrogens is 332 g/mol. The number of benzene rings is 1. The highest BCUT2D eigenvalue weighted by molar-refractivity contribution is 5.53. The number of hydrogen-bond acceptors (Lipinski definition) is 6. The lowest BCUT2D eigenvalue weighted by Gasteiger charge is -2.37. The van der Waals surface area contributed by atoms with E-state index in [-0.39, 0.29) is 5.69 Å². The number of methoxy groups -OCH3 is 1. The van der Waals surface area contributed by atoms with Crippen LogP contribution in [0.1, 0.15) is 0 Å². The third kappa shape index (κ3) is 3.13. The topological polar surface area (TPSA) is 79.3 Å². The number of H-pyrrole nitrogens is 1. The molecule has 0 spiro atoms. The van der Waals surface area contributed by atoms with Crippen molar-refractivity contribution in [3.8, 4) is 11.6 Å². The maximum atomic E-state index is 11.6. The van der Waals surface area contributed by atoms with Crippen LogP contribution >= 0.6 is 0 Å². The van der Waals surface area contributed by atoms with Crippen LogP contribution < -0.4 is 20.2 Å². The highest BCUT2D eigenvalue weighted by atomic mass is 16.5. The monoisotopic (exact) mass is 352 g/mol. The first kappa shape index (κ1) is 16.2. The molecule has 0 bridgehead atoms. The predicted octanol–water partition coefficient (Wildman–Crippen LogP) is 1.29. The van der Waals surface area contributed by atoms with Crippen molar-refractivity contribution >= 4 is 11.4 Å². The molecule has 2 aromatic heterocycles. The van der Waals surface area contributed by atoms with Crippen molar-refractivity contribution < 1.29 is 4.74 Å². The zero-order valence-electron chi connectivity index (χ0n) is 14.5. The number of pyridine rings is 1. The van der Waals surface area contributed by atoms with E-state index in [4.69, 9.17) is 4.74 Å². The fourth-order valence-electron chi connectivity index (χ4n) is 3.16. The van der Waals surface area contributed by atoms with E-state index in [9.17, 15) is 4.79 Å². The molecule has 1 fully saturated rings. The van der Waals surface area contributed by atoms with Gasteiger partial charge in [0.15, 0.2) is 0 Å². The van der Waals surface area contributed by atoms with Crippen LogP contribution in [0.2, 0.25) is 0 Å². The van der Waals surface area contributed by atoms with Crippen molar-refractivity contribution in [3.63, 3.8) is 0 Å². The van der Waals surface area contributed by atoms with Gasteiger partial charge >= 0.3 is 5.69 Å². The number of aromatic nitrogens is 4. The lowest BCUT2D eigenvalue weighted by Crippen LogP contribution is -2.46. The van der Waals surface area contributed by atoms with Gasteiger partial charge in [0.25, 0.3) is 0 Å². The maximum absolute atomic E-state index is 11.6. The summed E-state index contributed by atoms with van der Waals surface area (Å²) in [6.45, 7) is 3.71. The Bertz CT molecular complexity index is 908. The molecule has 3 aromatic rings. The zero-order valence-corrected chi connectivity index (χ0v) is 14.5. The zero-order chi connectivity index (χ0) is 17.9. The molecule has 0 unspecified atom stereocenters. The molecule has 0 amide bonds. The van der Waals surface area contributed by atoms with E-state index >= 15 is 0 Å². The first-order chi connectivity index (χ1) is 12.7. The molecule has 8 heteroatoms. The minimum Gasteiger partial charge on any atom is -0.481 e. The number of piperazine rings is 1. The van der Waals surface area contributed by atoms with Gasteiger partial charge in [-0.05, 0) is 30.3 Å². The quantitative estimate of drug-likeness (QED) is 0.762. The number of hydrogen-bond donors (Lipinski definition) is 1. The highest BCUT2D eigenvalue weighted by Gasteiger charge is 2.18. The molecule has 0 saturated carbocycles. The van der Waals surface area contributed by atoms with Gasteiger partial charge in [0.05, 0.1) is 24.7 Å². The smallest absolute Gasteiger partial charge is 0.347 e. The SMILES string of the molecule is COc1ccc(N2CCN(c3ccc(-n4cn[nH]c4=O)cc3)CC2)cn1. The molecule has 26 heavy (non-hydrogen) atoms. The van der Waals surface area contributed by atoms with Crippen LogP contribution in [-0.4, -0.2) is 53.0 Å². The molecule has 1 aliphatic heterocycles. The van der Waals surface area contributed by atoms with Gasteiger partial charge in [-0.1, -0.05) is 0 Å². The van der Waals surface area contributed by atoms with E-state index in [0.717, 1.165) is 43.2 Å². The molecule has 0 atom stereocenters. The summed E-state index contributed by atoms with van der Waals surface area (Å²) >= 11 is 0. The fourth-order valence-corrected chi connectivity index (χ4v) is 3.16. The van der Waals surface area contributed by atoms with Crippen molar-refractivity contribution in [1.82, 2.24) is 19.7 Å². The van der Waals surface area contributed by atoms with E-state index in [1.54, 1.807) is 7.11 Å². The first-order valence-corrected chi connectivity index (χ1v) is 8.47. The van der Waals surface area contributed by atoms with Crippen LogP contribution in [0.15, 0.2) is 53.7 Å². The lowest BCUT2D eigenvalue weighted by atomic mass is 10.2. The minimum absolute atomic E-state index is 0.237. The van der Waals surface area contributed by atoms with Crippen molar-refractivity contribution in [3.05, 3.63) is 59.4 Å². The molecule has 1 N–H and O–H groups in total. The highest BCUT2D eigenvalue weighted by Crippen LogP contribution is 2.22. The molecule has 1 aromatic carbocycles. The third-order valence-electron chi connectivity index (χ3n) is 4.62. The molecule has 1 saturated heterocycles. The fraction of sp³-hybridized carbons (Fsp3) is 0.278. The number of anilines is 2. The largest absolute Gasteiger partial charge is 0.481 e. The molecule has 0 radical (unpaired) electrons. The maximum Gasteiger partial charge on any atom is 0.347 e. The Morgan fingerprint density at radius 1 is 0.923 bits per heavy atom. The van der Waals surface area contributed by atoms with Crippen molar-refractivity contribution in [2.45, 2.75) is 0 Å². The average molecular weight is 352 g/mol. The molecule has 134 valence electrons. The van der Waals surface area contributed by atoms with Gasteiger partial charge in [0.1, 0.15) is 6.33 Å². The Labute approximate surface area is 150 Å². The summed E-state index contributed by atoms with van der Waals surface area (Å²) in [5, 5.41) is 6.16. The standard InChI is InChI=1S/C18H20N6O2/c1-26-17-7-6-16(12-19-17)23-10-8-22(9-11-23)14-2-4-15(5-3-14)24-13-20-21-18(24)25/h2-7,12-13H,8-11H2,1H3,(H,21,25). The molecular formula is C18H20N6O2. The molecule has 3 heterocycles. The van der Waals surface area contributed by atoms with Crippen molar-refractivity contribution in [1.29, 1.82) is 0 Å². The van der Waals surface area contributed by atoms with Gasteiger partial charge in [-0.15, -0.1) is 0 Å². The first-order valence-electron chi connectivity index (χ1n) is 8.47. The van der Waals surface area contributed by atoms with Crippen molar-refractivity contribution in [2.75, 3.05) is 43.1 Å². The van der Waals surface area contributed by atoms with E-state index < -0.39 is 0 Å². The summed E-state index contributed by atoms with van der Waals surface area (Å²) in [6.07, 6.45) is 3.34. The molecule has 4 rings (SSSR count). The van der Waals surface area contributed by atoms with Gasteiger partial charge in [0, 0.05) is 37.9 Å². The van der Waals surface area contributed by atoms with E-state index in [2.05, 4.69) is 25.0 Å². The minimum atomic E-state index is -0.237. The van der Waals surface area contributed by atoms with Crippen molar-refractivity contribution in [2.24, 2.45) is 0 Å². The van der Waals surface area contributed by atoms with E-state index in [0.29, 0.717) is 5.88 Å². The van der Waals surface area contributed by atoms with Gasteiger partial charge in [-0.2, -0.15) is 5.10 Å². The second-order valence-corrected chi connectivity index (χ2v) is 6.08. The normalized spacial score (nSPS) is 14.5.